The van der Waals surface area contributed by atoms with Crippen molar-refractivity contribution in [1.29, 1.82) is 0 Å². The lowest BCUT2D eigenvalue weighted by molar-refractivity contribution is -0.127. The Bertz CT molecular complexity index is 654. The predicted octanol–water partition coefficient (Wildman–Crippen LogP) is 0.0349. The number of nitrogens with one attached hydrogen (secondary N) is 1. The first-order chi connectivity index (χ1) is 9.78. The highest BCUT2D eigenvalue weighted by Gasteiger charge is 2.32. The van der Waals surface area contributed by atoms with Crippen LogP contribution in [-0.4, -0.2) is 49.9 Å². The molecule has 1 unspecified atom stereocenters. The lowest BCUT2D eigenvalue weighted by Crippen LogP contribution is -2.41. The summed E-state index contributed by atoms with van der Waals surface area (Å²) in [6, 6.07) is 4.89. The zero-order valence-electron chi connectivity index (χ0n) is 11.4. The summed E-state index contributed by atoms with van der Waals surface area (Å²) < 4.78 is 26.4. The van der Waals surface area contributed by atoms with E-state index in [1.807, 2.05) is 0 Å². The fourth-order valence-electron chi connectivity index (χ4n) is 2.15. The summed E-state index contributed by atoms with van der Waals surface area (Å²) in [6.45, 7) is 0.527. The van der Waals surface area contributed by atoms with E-state index in [4.69, 9.17) is 5.11 Å². The number of benzene rings is 1. The number of aromatic carboxylic acids is 1. The van der Waals surface area contributed by atoms with E-state index in [2.05, 4.69) is 4.72 Å². The third-order valence-electron chi connectivity index (χ3n) is 3.31. The van der Waals surface area contributed by atoms with Crippen molar-refractivity contribution >= 4 is 21.9 Å². The van der Waals surface area contributed by atoms with Gasteiger partial charge >= 0.3 is 5.97 Å². The molecule has 0 saturated carbocycles. The first-order valence-corrected chi connectivity index (χ1v) is 8.01. The maximum atomic E-state index is 12.0. The Labute approximate surface area is 122 Å². The number of carbonyl (C=O) groups is 2. The van der Waals surface area contributed by atoms with Gasteiger partial charge in [-0.2, -0.15) is 0 Å². The van der Waals surface area contributed by atoms with E-state index in [-0.39, 0.29) is 17.2 Å². The monoisotopic (exact) mass is 312 g/mol. The van der Waals surface area contributed by atoms with Gasteiger partial charge in [0.15, 0.2) is 0 Å². The van der Waals surface area contributed by atoms with Crippen LogP contribution in [0.25, 0.3) is 0 Å². The van der Waals surface area contributed by atoms with E-state index in [0.717, 1.165) is 0 Å². The van der Waals surface area contributed by atoms with Gasteiger partial charge in [-0.15, -0.1) is 0 Å². The first-order valence-electron chi connectivity index (χ1n) is 6.36. The molecule has 1 amide bonds. The average Bonchev–Trinajstić information content (AvgIpc) is 2.70. The fraction of sp³-hybridized carbons (Fsp3) is 0.385. The second-order valence-corrected chi connectivity index (χ2v) is 6.73. The molecule has 1 aliphatic rings. The molecule has 21 heavy (non-hydrogen) atoms. The number of carboxylic acid groups (broad SMARTS) is 1. The van der Waals surface area contributed by atoms with Gasteiger partial charge in [0, 0.05) is 13.6 Å². The molecular weight excluding hydrogens is 296 g/mol. The second-order valence-electron chi connectivity index (χ2n) is 4.98. The number of amides is 1. The molecule has 114 valence electrons. The molecule has 8 heteroatoms. The van der Waals surface area contributed by atoms with Crippen LogP contribution in [0.2, 0.25) is 0 Å². The molecule has 0 radical (unpaired) electrons. The van der Waals surface area contributed by atoms with E-state index in [1.165, 1.54) is 29.2 Å². The molecule has 1 aromatic carbocycles. The van der Waals surface area contributed by atoms with Crippen LogP contribution in [0.15, 0.2) is 24.3 Å². The molecule has 1 atom stereocenters. The van der Waals surface area contributed by atoms with Crippen molar-refractivity contribution in [3.05, 3.63) is 35.4 Å². The van der Waals surface area contributed by atoms with Gasteiger partial charge in [0.25, 0.3) is 0 Å². The zero-order valence-corrected chi connectivity index (χ0v) is 12.3. The summed E-state index contributed by atoms with van der Waals surface area (Å²) in [6.07, 6.45) is 0.451. The quantitative estimate of drug-likeness (QED) is 0.798. The number of rotatable bonds is 5. The van der Waals surface area contributed by atoms with E-state index in [0.29, 0.717) is 18.5 Å². The van der Waals surface area contributed by atoms with Gasteiger partial charge in [0.2, 0.25) is 15.9 Å². The topological polar surface area (TPSA) is 104 Å². The minimum absolute atomic E-state index is 0.0942. The van der Waals surface area contributed by atoms with Crippen LogP contribution in [0, 0.1) is 0 Å². The molecule has 0 aromatic heterocycles. The third-order valence-corrected chi connectivity index (χ3v) is 4.66. The van der Waals surface area contributed by atoms with Crippen molar-refractivity contribution in [2.45, 2.75) is 18.2 Å². The molecule has 0 bridgehead atoms. The Morgan fingerprint density at radius 3 is 2.48 bits per heavy atom. The van der Waals surface area contributed by atoms with Crippen molar-refractivity contribution < 1.29 is 23.1 Å². The van der Waals surface area contributed by atoms with Crippen molar-refractivity contribution in [2.75, 3.05) is 13.6 Å². The van der Waals surface area contributed by atoms with Crippen LogP contribution >= 0.6 is 0 Å². The van der Waals surface area contributed by atoms with Crippen LogP contribution in [-0.2, 0) is 20.6 Å². The molecule has 7 nitrogen and oxygen atoms in total. The molecule has 0 spiro atoms. The van der Waals surface area contributed by atoms with Gasteiger partial charge in [-0.3, -0.25) is 4.79 Å². The van der Waals surface area contributed by atoms with Gasteiger partial charge in [0.1, 0.15) is 6.04 Å². The third kappa shape index (κ3) is 3.79. The lowest BCUT2D eigenvalue weighted by Gasteiger charge is -2.12. The SMILES string of the molecule is CN1CCC(NS(=O)(=O)Cc2ccc(C(=O)O)cc2)C1=O. The van der Waals surface area contributed by atoms with E-state index < -0.39 is 22.0 Å². The molecular formula is C13H16N2O5S. The zero-order chi connectivity index (χ0) is 15.6. The highest BCUT2D eigenvalue weighted by molar-refractivity contribution is 7.88. The Kier molecular flexibility index (Phi) is 4.29. The van der Waals surface area contributed by atoms with Gasteiger partial charge in [-0.1, -0.05) is 12.1 Å². The normalized spacial score (nSPS) is 19.0. The molecule has 2 N–H and O–H groups in total. The summed E-state index contributed by atoms with van der Waals surface area (Å²) in [7, 11) is -2.03. The fourth-order valence-corrected chi connectivity index (χ4v) is 3.52. The van der Waals surface area contributed by atoms with Crippen molar-refractivity contribution in [2.24, 2.45) is 0 Å². The Morgan fingerprint density at radius 1 is 1.38 bits per heavy atom. The van der Waals surface area contributed by atoms with E-state index in [1.54, 1.807) is 7.05 Å². The minimum atomic E-state index is -3.65. The van der Waals surface area contributed by atoms with Crippen LogP contribution in [0.5, 0.6) is 0 Å². The molecule has 1 saturated heterocycles. The largest absolute Gasteiger partial charge is 0.478 e. The van der Waals surface area contributed by atoms with Crippen molar-refractivity contribution in [3.63, 3.8) is 0 Å². The lowest BCUT2D eigenvalue weighted by atomic mass is 10.1. The van der Waals surface area contributed by atoms with Crippen LogP contribution in [0.1, 0.15) is 22.3 Å². The van der Waals surface area contributed by atoms with Gasteiger partial charge in [-0.05, 0) is 24.1 Å². The van der Waals surface area contributed by atoms with Gasteiger partial charge in [-0.25, -0.2) is 17.9 Å². The predicted molar refractivity (Wildman–Crippen MR) is 75.2 cm³/mol. The molecule has 1 aliphatic heterocycles. The number of hydrogen-bond acceptors (Lipinski definition) is 4. The number of likely N-dealkylation sites (tertiary alicyclic amines) is 1. The van der Waals surface area contributed by atoms with E-state index in [9.17, 15) is 18.0 Å². The molecule has 1 aromatic rings. The number of nitrogens with zero attached hydrogens (tertiary/aromatic N) is 1. The smallest absolute Gasteiger partial charge is 0.335 e. The number of hydrogen-bond donors (Lipinski definition) is 2. The van der Waals surface area contributed by atoms with Crippen LogP contribution < -0.4 is 4.72 Å². The van der Waals surface area contributed by atoms with Crippen molar-refractivity contribution in [3.8, 4) is 0 Å². The maximum absolute atomic E-state index is 12.0. The average molecular weight is 312 g/mol. The summed E-state index contributed by atoms with van der Waals surface area (Å²) in [5.41, 5.74) is 0.558. The number of carboxylic acids is 1. The van der Waals surface area contributed by atoms with Crippen LogP contribution in [0.3, 0.4) is 0 Å². The standard InChI is InChI=1S/C13H16N2O5S/c1-15-7-6-11(12(15)16)14-21(19,20)8-9-2-4-10(5-3-9)13(17)18/h2-5,11,14H,6-8H2,1H3,(H,17,18). The van der Waals surface area contributed by atoms with Gasteiger partial charge < -0.3 is 10.0 Å². The van der Waals surface area contributed by atoms with Crippen molar-refractivity contribution in [1.82, 2.24) is 9.62 Å². The summed E-state index contributed by atoms with van der Waals surface area (Å²) >= 11 is 0. The molecule has 1 fully saturated rings. The van der Waals surface area contributed by atoms with Crippen LogP contribution in [0.4, 0.5) is 0 Å². The Hall–Kier alpha value is -1.93. The van der Waals surface area contributed by atoms with Gasteiger partial charge in [0.05, 0.1) is 11.3 Å². The minimum Gasteiger partial charge on any atom is -0.478 e. The summed E-state index contributed by atoms with van der Waals surface area (Å²) in [5.74, 6) is -1.60. The second kappa shape index (κ2) is 5.82. The first kappa shape index (κ1) is 15.5. The van der Waals surface area contributed by atoms with E-state index >= 15 is 0 Å². The molecule has 2 rings (SSSR count). The number of likely N-dealkylation sites (N-methyl/N-ethyl adjacent to an activating group) is 1. The highest BCUT2D eigenvalue weighted by atomic mass is 32.2. The molecule has 1 heterocycles. The summed E-state index contributed by atoms with van der Waals surface area (Å²) in [5, 5.41) is 8.78. The summed E-state index contributed by atoms with van der Waals surface area (Å²) in [4.78, 5) is 23.9. The Morgan fingerprint density at radius 2 is 2.00 bits per heavy atom. The number of carbonyl (C=O) groups excluding carboxylic acids is 1. The maximum Gasteiger partial charge on any atom is 0.335 e. The number of sulfonamides is 1. The Balaban J connectivity index is 2.04. The highest BCUT2D eigenvalue weighted by Crippen LogP contribution is 2.12. The molecule has 0 aliphatic carbocycles.